The monoisotopic (exact) mass is 235 g/mol. The van der Waals surface area contributed by atoms with Crippen LogP contribution in [-0.2, 0) is 9.59 Å². The molecule has 0 fully saturated rings. The van der Waals surface area contributed by atoms with Crippen molar-refractivity contribution < 1.29 is 9.59 Å². The van der Waals surface area contributed by atoms with Crippen LogP contribution < -0.4 is 16.0 Å². The molecule has 0 spiro atoms. The fraction of sp³-hybridized carbons (Fsp3) is 0.333. The zero-order chi connectivity index (χ0) is 12.5. The van der Waals surface area contributed by atoms with Gasteiger partial charge in [-0.25, -0.2) is 0 Å². The second kappa shape index (κ2) is 7.27. The van der Waals surface area contributed by atoms with E-state index in [1.54, 1.807) is 0 Å². The van der Waals surface area contributed by atoms with Gasteiger partial charge in [-0.2, -0.15) is 0 Å². The predicted molar refractivity (Wildman–Crippen MR) is 66.6 cm³/mol. The van der Waals surface area contributed by atoms with E-state index in [-0.39, 0.29) is 24.9 Å². The summed E-state index contributed by atoms with van der Waals surface area (Å²) in [6.45, 7) is 2.57. The first-order valence-electron chi connectivity index (χ1n) is 5.54. The Hall–Kier alpha value is -2.04. The molecule has 1 rings (SSSR count). The lowest BCUT2D eigenvalue weighted by Crippen LogP contribution is -2.39. The van der Waals surface area contributed by atoms with Crippen LogP contribution in [0.15, 0.2) is 30.3 Å². The standard InChI is InChI=1S/C12H17N3O2/c1-2-13-11(16)9-15-12(17)8-14-10-6-4-3-5-7-10/h3-7,14H,2,8-9H2,1H3,(H,13,16)(H,15,17). The lowest BCUT2D eigenvalue weighted by atomic mass is 10.3. The number of likely N-dealkylation sites (N-methyl/N-ethyl adjacent to an activating group) is 1. The van der Waals surface area contributed by atoms with E-state index in [9.17, 15) is 9.59 Å². The first kappa shape index (κ1) is 13.0. The van der Waals surface area contributed by atoms with Crippen LogP contribution in [-0.4, -0.2) is 31.4 Å². The molecule has 0 unspecified atom stereocenters. The summed E-state index contributed by atoms with van der Waals surface area (Å²) in [5.74, 6) is -0.388. The first-order valence-corrected chi connectivity index (χ1v) is 5.54. The predicted octanol–water partition coefficient (Wildman–Crippen LogP) is 0.351. The zero-order valence-electron chi connectivity index (χ0n) is 9.82. The summed E-state index contributed by atoms with van der Waals surface area (Å²) in [5, 5.41) is 8.08. The van der Waals surface area contributed by atoms with E-state index in [1.165, 1.54) is 0 Å². The van der Waals surface area contributed by atoms with Gasteiger partial charge in [0.25, 0.3) is 0 Å². The van der Waals surface area contributed by atoms with Crippen molar-refractivity contribution in [3.8, 4) is 0 Å². The van der Waals surface area contributed by atoms with Crippen LogP contribution in [0.25, 0.3) is 0 Å². The van der Waals surface area contributed by atoms with Gasteiger partial charge in [-0.05, 0) is 19.1 Å². The highest BCUT2D eigenvalue weighted by atomic mass is 16.2. The van der Waals surface area contributed by atoms with Crippen LogP contribution in [0.3, 0.4) is 0 Å². The molecular weight excluding hydrogens is 218 g/mol. The number of benzene rings is 1. The van der Waals surface area contributed by atoms with Crippen LogP contribution in [0.1, 0.15) is 6.92 Å². The molecular formula is C12H17N3O2. The van der Waals surface area contributed by atoms with Crippen molar-refractivity contribution in [1.82, 2.24) is 10.6 Å². The van der Waals surface area contributed by atoms with Gasteiger partial charge >= 0.3 is 0 Å². The van der Waals surface area contributed by atoms with E-state index in [0.29, 0.717) is 6.54 Å². The van der Waals surface area contributed by atoms with Crippen molar-refractivity contribution in [1.29, 1.82) is 0 Å². The number of para-hydroxylation sites is 1. The molecule has 0 aliphatic heterocycles. The molecule has 1 aromatic carbocycles. The summed E-state index contributed by atoms with van der Waals surface area (Å²) >= 11 is 0. The summed E-state index contributed by atoms with van der Waals surface area (Å²) in [4.78, 5) is 22.4. The number of carbonyl (C=O) groups excluding carboxylic acids is 2. The molecule has 17 heavy (non-hydrogen) atoms. The summed E-state index contributed by atoms with van der Waals surface area (Å²) in [5.41, 5.74) is 0.876. The van der Waals surface area contributed by atoms with E-state index in [2.05, 4.69) is 16.0 Å². The van der Waals surface area contributed by atoms with Crippen molar-refractivity contribution in [3.63, 3.8) is 0 Å². The molecule has 0 heterocycles. The van der Waals surface area contributed by atoms with Gasteiger partial charge in [0.2, 0.25) is 11.8 Å². The number of carbonyl (C=O) groups is 2. The van der Waals surface area contributed by atoms with Crippen molar-refractivity contribution in [3.05, 3.63) is 30.3 Å². The van der Waals surface area contributed by atoms with Crippen molar-refractivity contribution in [2.24, 2.45) is 0 Å². The van der Waals surface area contributed by atoms with Gasteiger partial charge in [-0.1, -0.05) is 18.2 Å². The molecule has 0 aliphatic rings. The van der Waals surface area contributed by atoms with Crippen molar-refractivity contribution in [2.75, 3.05) is 25.0 Å². The maximum absolute atomic E-state index is 11.4. The van der Waals surface area contributed by atoms with E-state index >= 15 is 0 Å². The van der Waals surface area contributed by atoms with Gasteiger partial charge in [-0.15, -0.1) is 0 Å². The Balaban J connectivity index is 2.20. The minimum Gasteiger partial charge on any atom is -0.376 e. The van der Waals surface area contributed by atoms with Crippen molar-refractivity contribution in [2.45, 2.75) is 6.92 Å². The SMILES string of the molecule is CCNC(=O)CNC(=O)CNc1ccccc1. The summed E-state index contributed by atoms with van der Waals surface area (Å²) < 4.78 is 0. The molecule has 5 nitrogen and oxygen atoms in total. The second-order valence-electron chi connectivity index (χ2n) is 3.45. The Labute approximate surface area is 101 Å². The average molecular weight is 235 g/mol. The Morgan fingerprint density at radius 2 is 1.65 bits per heavy atom. The quantitative estimate of drug-likeness (QED) is 0.666. The fourth-order valence-corrected chi connectivity index (χ4v) is 1.24. The van der Waals surface area contributed by atoms with E-state index in [4.69, 9.17) is 0 Å². The molecule has 0 aliphatic carbocycles. The highest BCUT2D eigenvalue weighted by Crippen LogP contribution is 2.03. The van der Waals surface area contributed by atoms with Crippen LogP contribution >= 0.6 is 0 Å². The van der Waals surface area contributed by atoms with Gasteiger partial charge in [0.1, 0.15) is 0 Å². The van der Waals surface area contributed by atoms with Crippen molar-refractivity contribution >= 4 is 17.5 Å². The van der Waals surface area contributed by atoms with Gasteiger partial charge in [0, 0.05) is 12.2 Å². The fourth-order valence-electron chi connectivity index (χ4n) is 1.24. The number of nitrogens with one attached hydrogen (secondary N) is 3. The lowest BCUT2D eigenvalue weighted by Gasteiger charge is -2.07. The minimum absolute atomic E-state index is 0.0170. The molecule has 0 saturated carbocycles. The molecule has 0 atom stereocenters. The molecule has 0 bridgehead atoms. The number of amides is 2. The third-order valence-electron chi connectivity index (χ3n) is 2.05. The average Bonchev–Trinajstić information content (AvgIpc) is 2.35. The third kappa shape index (κ3) is 5.55. The zero-order valence-corrected chi connectivity index (χ0v) is 9.82. The van der Waals surface area contributed by atoms with E-state index < -0.39 is 0 Å². The highest BCUT2D eigenvalue weighted by molar-refractivity contribution is 5.86. The maximum atomic E-state index is 11.4. The largest absolute Gasteiger partial charge is 0.376 e. The Morgan fingerprint density at radius 1 is 1.00 bits per heavy atom. The Morgan fingerprint density at radius 3 is 2.29 bits per heavy atom. The molecule has 92 valence electrons. The second-order valence-corrected chi connectivity index (χ2v) is 3.45. The molecule has 5 heteroatoms. The molecule has 1 aromatic rings. The van der Waals surface area contributed by atoms with Gasteiger partial charge in [0.15, 0.2) is 0 Å². The smallest absolute Gasteiger partial charge is 0.239 e. The molecule has 0 radical (unpaired) electrons. The molecule has 3 N–H and O–H groups in total. The number of rotatable bonds is 6. The molecule has 0 saturated heterocycles. The Bertz CT molecular complexity index is 365. The minimum atomic E-state index is -0.208. The van der Waals surface area contributed by atoms with Crippen LogP contribution in [0.4, 0.5) is 5.69 Å². The van der Waals surface area contributed by atoms with Gasteiger partial charge < -0.3 is 16.0 Å². The lowest BCUT2D eigenvalue weighted by molar-refractivity contribution is -0.125. The Kier molecular flexibility index (Phi) is 5.57. The van der Waals surface area contributed by atoms with Crippen LogP contribution in [0.2, 0.25) is 0 Å². The van der Waals surface area contributed by atoms with E-state index in [0.717, 1.165) is 5.69 Å². The maximum Gasteiger partial charge on any atom is 0.239 e. The normalized spacial score (nSPS) is 9.47. The topological polar surface area (TPSA) is 70.2 Å². The summed E-state index contributed by atoms with van der Waals surface area (Å²) in [7, 11) is 0. The van der Waals surface area contributed by atoms with E-state index in [1.807, 2.05) is 37.3 Å². The number of hydrogen-bond acceptors (Lipinski definition) is 3. The van der Waals surface area contributed by atoms with Gasteiger partial charge in [0.05, 0.1) is 13.1 Å². The van der Waals surface area contributed by atoms with Crippen LogP contribution in [0.5, 0.6) is 0 Å². The van der Waals surface area contributed by atoms with Gasteiger partial charge in [-0.3, -0.25) is 9.59 Å². The third-order valence-corrected chi connectivity index (χ3v) is 2.05. The summed E-state index contributed by atoms with van der Waals surface area (Å²) in [6.07, 6.45) is 0. The van der Waals surface area contributed by atoms with Crippen LogP contribution in [0, 0.1) is 0 Å². The highest BCUT2D eigenvalue weighted by Gasteiger charge is 2.03. The molecule has 2 amide bonds. The summed E-state index contributed by atoms with van der Waals surface area (Å²) in [6, 6.07) is 9.42. The number of hydrogen-bond donors (Lipinski definition) is 3. The first-order chi connectivity index (χ1) is 8.22. The molecule has 0 aromatic heterocycles. The number of anilines is 1.